The third kappa shape index (κ3) is 3.98. The van der Waals surface area contributed by atoms with Crippen LogP contribution in [0.2, 0.25) is 0 Å². The standard InChI is InChI=1S/C9H15F3O2/c1-6(2)8(3,4)7(13)14-5-9(10,11)12/h6H,5H2,1-4H3. The maximum absolute atomic E-state index is 11.7. The second-order valence-corrected chi connectivity index (χ2v) is 4.07. The van der Waals surface area contributed by atoms with Gasteiger partial charge in [0, 0.05) is 0 Å². The number of carbonyl (C=O) groups excluding carboxylic acids is 1. The van der Waals surface area contributed by atoms with Crippen molar-refractivity contribution >= 4 is 5.97 Å². The molecule has 0 fully saturated rings. The average molecular weight is 212 g/mol. The number of hydrogen-bond acceptors (Lipinski definition) is 2. The maximum atomic E-state index is 11.7. The zero-order chi connectivity index (χ0) is 11.6. The van der Waals surface area contributed by atoms with E-state index < -0.39 is 24.2 Å². The summed E-state index contributed by atoms with van der Waals surface area (Å²) >= 11 is 0. The van der Waals surface area contributed by atoms with E-state index >= 15 is 0 Å². The van der Waals surface area contributed by atoms with Crippen molar-refractivity contribution in [2.24, 2.45) is 11.3 Å². The molecule has 0 N–H and O–H groups in total. The van der Waals surface area contributed by atoms with E-state index in [9.17, 15) is 18.0 Å². The van der Waals surface area contributed by atoms with Gasteiger partial charge in [-0.1, -0.05) is 13.8 Å². The summed E-state index contributed by atoms with van der Waals surface area (Å²) in [7, 11) is 0. The summed E-state index contributed by atoms with van der Waals surface area (Å²) in [6.45, 7) is 5.14. The van der Waals surface area contributed by atoms with E-state index in [2.05, 4.69) is 4.74 Å². The minimum atomic E-state index is -4.46. The van der Waals surface area contributed by atoms with Crippen molar-refractivity contribution in [1.82, 2.24) is 0 Å². The first-order valence-electron chi connectivity index (χ1n) is 4.31. The summed E-state index contributed by atoms with van der Waals surface area (Å²) in [5.74, 6) is -0.881. The molecule has 14 heavy (non-hydrogen) atoms. The fraction of sp³-hybridized carbons (Fsp3) is 0.889. The van der Waals surface area contributed by atoms with Gasteiger partial charge in [0.05, 0.1) is 5.41 Å². The smallest absolute Gasteiger partial charge is 0.422 e. The first-order chi connectivity index (χ1) is 6.07. The van der Waals surface area contributed by atoms with E-state index in [1.54, 1.807) is 27.7 Å². The Morgan fingerprint density at radius 3 is 2.00 bits per heavy atom. The molecule has 0 atom stereocenters. The first kappa shape index (κ1) is 13.3. The Morgan fingerprint density at radius 2 is 1.71 bits per heavy atom. The van der Waals surface area contributed by atoms with Crippen LogP contribution in [-0.2, 0) is 9.53 Å². The Kier molecular flexibility index (Phi) is 3.97. The summed E-state index contributed by atoms with van der Waals surface area (Å²) in [6.07, 6.45) is -4.46. The molecule has 2 nitrogen and oxygen atoms in total. The van der Waals surface area contributed by atoms with Gasteiger partial charge in [-0.15, -0.1) is 0 Å². The molecule has 0 radical (unpaired) electrons. The highest BCUT2D eigenvalue weighted by Crippen LogP contribution is 2.28. The van der Waals surface area contributed by atoms with Gasteiger partial charge in [-0.05, 0) is 19.8 Å². The Hall–Kier alpha value is -0.740. The van der Waals surface area contributed by atoms with Crippen LogP contribution >= 0.6 is 0 Å². The Labute approximate surface area is 81.4 Å². The molecule has 84 valence electrons. The lowest BCUT2D eigenvalue weighted by Gasteiger charge is -2.26. The molecule has 0 aliphatic rings. The lowest BCUT2D eigenvalue weighted by molar-refractivity contribution is -0.194. The molecule has 0 amide bonds. The van der Waals surface area contributed by atoms with Crippen molar-refractivity contribution in [2.75, 3.05) is 6.61 Å². The van der Waals surface area contributed by atoms with Crippen molar-refractivity contribution in [1.29, 1.82) is 0 Å². The quantitative estimate of drug-likeness (QED) is 0.672. The molecule has 0 aromatic rings. The molecule has 0 spiro atoms. The average Bonchev–Trinajstić information content (AvgIpc) is 1.98. The van der Waals surface area contributed by atoms with E-state index in [-0.39, 0.29) is 5.92 Å². The van der Waals surface area contributed by atoms with Gasteiger partial charge in [0.15, 0.2) is 6.61 Å². The Morgan fingerprint density at radius 1 is 1.29 bits per heavy atom. The SMILES string of the molecule is CC(C)C(C)(C)C(=O)OCC(F)(F)F. The number of esters is 1. The van der Waals surface area contributed by atoms with Crippen LogP contribution in [0.4, 0.5) is 13.2 Å². The van der Waals surface area contributed by atoms with E-state index in [4.69, 9.17) is 0 Å². The zero-order valence-corrected chi connectivity index (χ0v) is 8.73. The summed E-state index contributed by atoms with van der Waals surface area (Å²) in [5, 5.41) is 0. The highest BCUT2D eigenvalue weighted by Gasteiger charge is 2.36. The molecular formula is C9H15F3O2. The number of hydrogen-bond donors (Lipinski definition) is 0. The summed E-state index contributed by atoms with van der Waals surface area (Å²) in [5.41, 5.74) is -0.884. The van der Waals surface area contributed by atoms with Crippen molar-refractivity contribution in [3.63, 3.8) is 0 Å². The zero-order valence-electron chi connectivity index (χ0n) is 8.73. The first-order valence-corrected chi connectivity index (χ1v) is 4.31. The molecule has 0 unspecified atom stereocenters. The molecule has 0 aromatic heterocycles. The van der Waals surface area contributed by atoms with Crippen LogP contribution in [0.3, 0.4) is 0 Å². The molecule has 0 aromatic carbocycles. The molecule has 0 saturated heterocycles. The molecule has 0 aliphatic heterocycles. The van der Waals surface area contributed by atoms with Crippen LogP contribution in [0.5, 0.6) is 0 Å². The van der Waals surface area contributed by atoms with Crippen LogP contribution in [0.1, 0.15) is 27.7 Å². The fourth-order valence-electron chi connectivity index (χ4n) is 0.569. The largest absolute Gasteiger partial charge is 0.456 e. The lowest BCUT2D eigenvalue weighted by atomic mass is 9.81. The molecular weight excluding hydrogens is 197 g/mol. The highest BCUT2D eigenvalue weighted by atomic mass is 19.4. The highest BCUT2D eigenvalue weighted by molar-refractivity contribution is 5.76. The third-order valence-electron chi connectivity index (χ3n) is 2.34. The minimum absolute atomic E-state index is 0.0665. The van der Waals surface area contributed by atoms with Gasteiger partial charge in [0.2, 0.25) is 0 Å². The monoisotopic (exact) mass is 212 g/mol. The maximum Gasteiger partial charge on any atom is 0.422 e. The van der Waals surface area contributed by atoms with Crippen LogP contribution < -0.4 is 0 Å². The predicted molar refractivity (Wildman–Crippen MR) is 45.6 cm³/mol. The Balaban J connectivity index is 4.23. The lowest BCUT2D eigenvalue weighted by Crippen LogP contribution is -2.34. The van der Waals surface area contributed by atoms with Crippen molar-refractivity contribution < 1.29 is 22.7 Å². The van der Waals surface area contributed by atoms with Gasteiger partial charge in [0.25, 0.3) is 0 Å². The predicted octanol–water partition coefficient (Wildman–Crippen LogP) is 2.77. The summed E-state index contributed by atoms with van der Waals surface area (Å²) in [6, 6.07) is 0. The van der Waals surface area contributed by atoms with Gasteiger partial charge in [0.1, 0.15) is 0 Å². The summed E-state index contributed by atoms with van der Waals surface area (Å²) < 4.78 is 39.4. The van der Waals surface area contributed by atoms with Crippen LogP contribution in [-0.4, -0.2) is 18.8 Å². The van der Waals surface area contributed by atoms with E-state index in [1.165, 1.54) is 0 Å². The topological polar surface area (TPSA) is 26.3 Å². The van der Waals surface area contributed by atoms with Crippen molar-refractivity contribution in [3.05, 3.63) is 0 Å². The van der Waals surface area contributed by atoms with Gasteiger partial charge in [-0.2, -0.15) is 13.2 Å². The number of ether oxygens (including phenoxy) is 1. The van der Waals surface area contributed by atoms with Gasteiger partial charge >= 0.3 is 12.1 Å². The minimum Gasteiger partial charge on any atom is -0.456 e. The van der Waals surface area contributed by atoms with Crippen molar-refractivity contribution in [3.8, 4) is 0 Å². The fourth-order valence-corrected chi connectivity index (χ4v) is 0.569. The Bertz CT molecular complexity index is 207. The number of rotatable bonds is 3. The molecule has 5 heteroatoms. The number of alkyl halides is 3. The van der Waals surface area contributed by atoms with Gasteiger partial charge in [-0.3, -0.25) is 4.79 Å². The molecule has 0 saturated carbocycles. The van der Waals surface area contributed by atoms with Crippen LogP contribution in [0, 0.1) is 11.3 Å². The van der Waals surface area contributed by atoms with Crippen LogP contribution in [0.25, 0.3) is 0 Å². The van der Waals surface area contributed by atoms with Crippen molar-refractivity contribution in [2.45, 2.75) is 33.9 Å². The van der Waals surface area contributed by atoms with E-state index in [0.717, 1.165) is 0 Å². The van der Waals surface area contributed by atoms with Gasteiger partial charge in [-0.25, -0.2) is 0 Å². The number of carbonyl (C=O) groups is 1. The molecule has 0 rings (SSSR count). The van der Waals surface area contributed by atoms with E-state index in [0.29, 0.717) is 0 Å². The molecule has 0 bridgehead atoms. The van der Waals surface area contributed by atoms with E-state index in [1.807, 2.05) is 0 Å². The second kappa shape index (κ2) is 4.19. The molecule has 0 aliphatic carbocycles. The molecule has 0 heterocycles. The van der Waals surface area contributed by atoms with Crippen LogP contribution in [0.15, 0.2) is 0 Å². The normalized spacial score (nSPS) is 13.1. The third-order valence-corrected chi connectivity index (χ3v) is 2.34. The summed E-state index contributed by atoms with van der Waals surface area (Å²) in [4.78, 5) is 11.2. The van der Waals surface area contributed by atoms with Gasteiger partial charge < -0.3 is 4.74 Å². The second-order valence-electron chi connectivity index (χ2n) is 4.07. The number of halogens is 3.